The van der Waals surface area contributed by atoms with Gasteiger partial charge in [0.2, 0.25) is 5.91 Å². The van der Waals surface area contributed by atoms with Crippen molar-refractivity contribution in [3.63, 3.8) is 0 Å². The highest BCUT2D eigenvalue weighted by molar-refractivity contribution is 7.10. The first-order valence-electron chi connectivity index (χ1n) is 8.49. The van der Waals surface area contributed by atoms with Gasteiger partial charge in [-0.25, -0.2) is 0 Å². The number of hydrogen-bond acceptors (Lipinski definition) is 4. The lowest BCUT2D eigenvalue weighted by Crippen LogP contribution is -2.34. The molecule has 2 aromatic rings. The van der Waals surface area contributed by atoms with Crippen molar-refractivity contribution in [1.29, 1.82) is 0 Å². The van der Waals surface area contributed by atoms with Crippen LogP contribution in [0.25, 0.3) is 0 Å². The number of nitrogens with zero attached hydrogens (tertiary/aromatic N) is 1. The van der Waals surface area contributed by atoms with Crippen LogP contribution in [0, 0.1) is 6.92 Å². The number of rotatable bonds is 6. The van der Waals surface area contributed by atoms with Gasteiger partial charge < -0.3 is 15.0 Å². The van der Waals surface area contributed by atoms with Gasteiger partial charge in [0.05, 0.1) is 24.9 Å². The predicted molar refractivity (Wildman–Crippen MR) is 98.8 cm³/mol. The minimum atomic E-state index is 0.147. The van der Waals surface area contributed by atoms with Crippen LogP contribution in [-0.2, 0) is 4.79 Å². The molecule has 1 amide bonds. The Kier molecular flexibility index (Phi) is 5.41. The number of carbonyl (C=O) groups excluding carboxylic acids is 1. The number of nitrogens with one attached hydrogen (secondary N) is 1. The summed E-state index contributed by atoms with van der Waals surface area (Å²) in [5.41, 5.74) is 2.02. The molecule has 0 radical (unpaired) electrons. The minimum absolute atomic E-state index is 0.147. The van der Waals surface area contributed by atoms with Crippen LogP contribution in [-0.4, -0.2) is 30.5 Å². The number of anilines is 1. The van der Waals surface area contributed by atoms with Crippen LogP contribution in [0.4, 0.5) is 5.69 Å². The third-order valence-corrected chi connectivity index (χ3v) is 5.29. The van der Waals surface area contributed by atoms with E-state index in [0.29, 0.717) is 13.2 Å². The quantitative estimate of drug-likeness (QED) is 0.852. The molecule has 3 rings (SSSR count). The van der Waals surface area contributed by atoms with Crippen molar-refractivity contribution < 1.29 is 9.53 Å². The smallest absolute Gasteiger partial charge is 0.242 e. The Morgan fingerprint density at radius 2 is 2.29 bits per heavy atom. The first-order valence-corrected chi connectivity index (χ1v) is 9.37. The number of aryl methyl sites for hydroxylation is 1. The third kappa shape index (κ3) is 3.73. The van der Waals surface area contributed by atoms with Crippen LogP contribution in [0.5, 0.6) is 5.75 Å². The molecular formula is C19H24N2O2S. The first-order chi connectivity index (χ1) is 11.7. The standard InChI is InChI=1S/C19H24N2O2S/c1-3-23-17-12-14(2)8-9-15(17)20-13-19(22)21-10-4-6-16(21)18-7-5-11-24-18/h5,7-9,11-12,16,20H,3-4,6,10,13H2,1-2H3. The van der Waals surface area contributed by atoms with Crippen LogP contribution in [0.1, 0.15) is 36.2 Å². The molecular weight excluding hydrogens is 320 g/mol. The third-order valence-electron chi connectivity index (χ3n) is 4.31. The average Bonchev–Trinajstić information content (AvgIpc) is 3.25. The molecule has 24 heavy (non-hydrogen) atoms. The maximum atomic E-state index is 12.7. The van der Waals surface area contributed by atoms with E-state index in [1.807, 2.05) is 36.9 Å². The average molecular weight is 344 g/mol. The largest absolute Gasteiger partial charge is 0.492 e. The summed E-state index contributed by atoms with van der Waals surface area (Å²) in [4.78, 5) is 16.0. The van der Waals surface area contributed by atoms with Crippen LogP contribution < -0.4 is 10.1 Å². The maximum Gasteiger partial charge on any atom is 0.242 e. The van der Waals surface area contributed by atoms with Crippen molar-refractivity contribution in [2.24, 2.45) is 0 Å². The fraction of sp³-hybridized carbons (Fsp3) is 0.421. The Hall–Kier alpha value is -2.01. The predicted octanol–water partition coefficient (Wildman–Crippen LogP) is 4.23. The molecule has 0 aliphatic carbocycles. The molecule has 5 heteroatoms. The first kappa shape index (κ1) is 16.8. The summed E-state index contributed by atoms with van der Waals surface area (Å²) in [7, 11) is 0. The van der Waals surface area contributed by atoms with Gasteiger partial charge >= 0.3 is 0 Å². The number of hydrogen-bond donors (Lipinski definition) is 1. The zero-order chi connectivity index (χ0) is 16.9. The minimum Gasteiger partial charge on any atom is -0.492 e. The van der Waals surface area contributed by atoms with Gasteiger partial charge in [0.1, 0.15) is 5.75 Å². The van der Waals surface area contributed by atoms with E-state index in [1.54, 1.807) is 11.3 Å². The summed E-state index contributed by atoms with van der Waals surface area (Å²) in [6, 6.07) is 10.4. The van der Waals surface area contributed by atoms with Gasteiger partial charge in [-0.15, -0.1) is 11.3 Å². The Bertz CT molecular complexity index is 685. The second-order valence-electron chi connectivity index (χ2n) is 6.05. The van der Waals surface area contributed by atoms with E-state index in [9.17, 15) is 4.79 Å². The fourth-order valence-electron chi connectivity index (χ4n) is 3.16. The zero-order valence-corrected chi connectivity index (χ0v) is 15.1. The number of amides is 1. The summed E-state index contributed by atoms with van der Waals surface area (Å²) in [6.45, 7) is 5.75. The van der Waals surface area contributed by atoms with Gasteiger partial charge in [-0.1, -0.05) is 12.1 Å². The lowest BCUT2D eigenvalue weighted by molar-refractivity contribution is -0.130. The molecule has 0 spiro atoms. The van der Waals surface area contributed by atoms with Crippen molar-refractivity contribution in [2.45, 2.75) is 32.7 Å². The topological polar surface area (TPSA) is 41.6 Å². The van der Waals surface area contributed by atoms with Crippen LogP contribution in [0.2, 0.25) is 0 Å². The Balaban J connectivity index is 1.65. The van der Waals surface area contributed by atoms with E-state index >= 15 is 0 Å². The number of thiophene rings is 1. The van der Waals surface area contributed by atoms with Gasteiger partial charge in [-0.2, -0.15) is 0 Å². The van der Waals surface area contributed by atoms with Gasteiger partial charge in [-0.05, 0) is 55.8 Å². The lowest BCUT2D eigenvalue weighted by Gasteiger charge is -2.24. The second-order valence-corrected chi connectivity index (χ2v) is 7.03. The van der Waals surface area contributed by atoms with E-state index in [-0.39, 0.29) is 11.9 Å². The van der Waals surface area contributed by atoms with Gasteiger partial charge in [0, 0.05) is 11.4 Å². The highest BCUT2D eigenvalue weighted by Crippen LogP contribution is 2.34. The van der Waals surface area contributed by atoms with Crippen molar-refractivity contribution in [2.75, 3.05) is 25.0 Å². The number of carbonyl (C=O) groups is 1. The number of likely N-dealkylation sites (tertiary alicyclic amines) is 1. The van der Waals surface area contributed by atoms with E-state index in [2.05, 4.69) is 22.8 Å². The Morgan fingerprint density at radius 1 is 1.42 bits per heavy atom. The second kappa shape index (κ2) is 7.71. The van der Waals surface area contributed by atoms with Gasteiger partial charge in [-0.3, -0.25) is 4.79 Å². The molecule has 0 saturated carbocycles. The molecule has 128 valence electrons. The molecule has 1 aliphatic heterocycles. The van der Waals surface area contributed by atoms with E-state index in [1.165, 1.54) is 4.88 Å². The molecule has 1 saturated heterocycles. The molecule has 1 aliphatic rings. The molecule has 2 heterocycles. The fourth-order valence-corrected chi connectivity index (χ4v) is 4.04. The summed E-state index contributed by atoms with van der Waals surface area (Å²) in [5.74, 6) is 0.954. The van der Waals surface area contributed by atoms with E-state index < -0.39 is 0 Å². The molecule has 1 unspecified atom stereocenters. The van der Waals surface area contributed by atoms with Crippen molar-refractivity contribution in [3.8, 4) is 5.75 Å². The van der Waals surface area contributed by atoms with Crippen molar-refractivity contribution in [1.82, 2.24) is 4.90 Å². The molecule has 1 aromatic heterocycles. The number of ether oxygens (including phenoxy) is 1. The van der Waals surface area contributed by atoms with E-state index in [0.717, 1.165) is 36.4 Å². The zero-order valence-electron chi connectivity index (χ0n) is 14.2. The molecule has 4 nitrogen and oxygen atoms in total. The molecule has 1 aromatic carbocycles. The van der Waals surface area contributed by atoms with Gasteiger partial charge in [0.25, 0.3) is 0 Å². The SMILES string of the molecule is CCOc1cc(C)ccc1NCC(=O)N1CCCC1c1cccs1. The van der Waals surface area contributed by atoms with E-state index in [4.69, 9.17) is 4.74 Å². The summed E-state index contributed by atoms with van der Waals surface area (Å²) >= 11 is 1.73. The van der Waals surface area contributed by atoms with Gasteiger partial charge in [0.15, 0.2) is 0 Å². The maximum absolute atomic E-state index is 12.7. The molecule has 1 N–H and O–H groups in total. The van der Waals surface area contributed by atoms with Crippen LogP contribution in [0.15, 0.2) is 35.7 Å². The van der Waals surface area contributed by atoms with Crippen LogP contribution >= 0.6 is 11.3 Å². The summed E-state index contributed by atoms with van der Waals surface area (Å²) in [5, 5.41) is 5.33. The normalized spacial score (nSPS) is 17.1. The lowest BCUT2D eigenvalue weighted by atomic mass is 10.2. The number of benzene rings is 1. The molecule has 1 fully saturated rings. The molecule has 0 bridgehead atoms. The summed E-state index contributed by atoms with van der Waals surface area (Å²) in [6.07, 6.45) is 2.13. The van der Waals surface area contributed by atoms with Crippen molar-refractivity contribution in [3.05, 3.63) is 46.2 Å². The highest BCUT2D eigenvalue weighted by Gasteiger charge is 2.30. The highest BCUT2D eigenvalue weighted by atomic mass is 32.1. The van der Waals surface area contributed by atoms with Crippen LogP contribution in [0.3, 0.4) is 0 Å². The molecule has 1 atom stereocenters. The Morgan fingerprint density at radius 3 is 3.04 bits per heavy atom. The van der Waals surface area contributed by atoms with Crippen molar-refractivity contribution >= 4 is 22.9 Å². The Labute approximate surface area is 147 Å². The summed E-state index contributed by atoms with van der Waals surface area (Å²) < 4.78 is 5.67. The monoisotopic (exact) mass is 344 g/mol.